The van der Waals surface area contributed by atoms with E-state index in [1.165, 1.54) is 7.11 Å². The number of nitrogens with one attached hydrogen (secondary N) is 1. The molecule has 2 N–H and O–H groups in total. The molecule has 0 radical (unpaired) electrons. The van der Waals surface area contributed by atoms with Gasteiger partial charge in [0.05, 0.1) is 4.75 Å². The SMILES string of the molecule is COCCC(NC(=O)C1(Sc2ccccc2)CCCC1)C(=O)O. The molecule has 1 saturated carbocycles. The second kappa shape index (κ2) is 8.36. The average Bonchev–Trinajstić information content (AvgIpc) is 3.01. The summed E-state index contributed by atoms with van der Waals surface area (Å²) in [7, 11) is 1.52. The molecule has 126 valence electrons. The van der Waals surface area contributed by atoms with E-state index in [9.17, 15) is 14.7 Å². The number of carboxylic acid groups (broad SMARTS) is 1. The summed E-state index contributed by atoms with van der Waals surface area (Å²) in [6.45, 7) is 0.302. The Hall–Kier alpha value is -1.53. The molecule has 5 nitrogen and oxygen atoms in total. The lowest BCUT2D eigenvalue weighted by atomic mass is 10.1. The van der Waals surface area contributed by atoms with E-state index in [1.807, 2.05) is 30.3 Å². The van der Waals surface area contributed by atoms with Gasteiger partial charge in [-0.1, -0.05) is 31.0 Å². The molecular formula is C17H23NO4S. The summed E-state index contributed by atoms with van der Waals surface area (Å²) in [5, 5.41) is 12.0. The van der Waals surface area contributed by atoms with Crippen molar-refractivity contribution in [2.24, 2.45) is 0 Å². The molecule has 0 aliphatic heterocycles. The molecule has 1 aromatic rings. The Kier molecular flexibility index (Phi) is 6.47. The van der Waals surface area contributed by atoms with Gasteiger partial charge in [0.25, 0.3) is 0 Å². The van der Waals surface area contributed by atoms with Crippen LogP contribution in [0.5, 0.6) is 0 Å². The van der Waals surface area contributed by atoms with Crippen LogP contribution in [-0.2, 0) is 14.3 Å². The second-order valence-corrected chi connectivity index (χ2v) is 7.22. The number of aliphatic carboxylic acids is 1. The number of rotatable bonds is 8. The number of carbonyl (C=O) groups is 2. The Morgan fingerprint density at radius 3 is 2.52 bits per heavy atom. The van der Waals surface area contributed by atoms with Gasteiger partial charge in [0.15, 0.2) is 0 Å². The summed E-state index contributed by atoms with van der Waals surface area (Å²) >= 11 is 1.55. The molecule has 1 aliphatic rings. The second-order valence-electron chi connectivity index (χ2n) is 5.76. The van der Waals surface area contributed by atoms with Crippen molar-refractivity contribution in [2.75, 3.05) is 13.7 Å². The Morgan fingerprint density at radius 1 is 1.30 bits per heavy atom. The molecule has 0 aromatic heterocycles. The summed E-state index contributed by atoms with van der Waals surface area (Å²) < 4.78 is 4.36. The number of hydrogen-bond acceptors (Lipinski definition) is 4. The fraction of sp³-hybridized carbons (Fsp3) is 0.529. The maximum Gasteiger partial charge on any atom is 0.326 e. The molecule has 1 unspecified atom stereocenters. The van der Waals surface area contributed by atoms with Gasteiger partial charge in [0.1, 0.15) is 6.04 Å². The maximum absolute atomic E-state index is 12.8. The van der Waals surface area contributed by atoms with E-state index in [0.29, 0.717) is 6.61 Å². The zero-order valence-corrected chi connectivity index (χ0v) is 14.1. The number of benzene rings is 1. The molecule has 0 spiro atoms. The maximum atomic E-state index is 12.8. The zero-order valence-electron chi connectivity index (χ0n) is 13.3. The summed E-state index contributed by atoms with van der Waals surface area (Å²) in [6.07, 6.45) is 3.79. The van der Waals surface area contributed by atoms with E-state index < -0.39 is 16.8 Å². The van der Waals surface area contributed by atoms with Crippen molar-refractivity contribution in [3.8, 4) is 0 Å². The van der Waals surface area contributed by atoms with Crippen LogP contribution in [-0.4, -0.2) is 41.5 Å². The van der Waals surface area contributed by atoms with E-state index in [4.69, 9.17) is 4.74 Å². The Bertz CT molecular complexity index is 529. The lowest BCUT2D eigenvalue weighted by Crippen LogP contribution is -2.50. The van der Waals surface area contributed by atoms with Crippen LogP contribution in [0, 0.1) is 0 Å². The minimum Gasteiger partial charge on any atom is -0.480 e. The van der Waals surface area contributed by atoms with Gasteiger partial charge in [-0.05, 0) is 25.0 Å². The summed E-state index contributed by atoms with van der Waals surface area (Å²) in [4.78, 5) is 25.2. The van der Waals surface area contributed by atoms with Crippen LogP contribution < -0.4 is 5.32 Å². The van der Waals surface area contributed by atoms with E-state index in [-0.39, 0.29) is 12.3 Å². The van der Waals surface area contributed by atoms with Crippen molar-refractivity contribution in [3.63, 3.8) is 0 Å². The zero-order chi connectivity index (χ0) is 16.7. The number of thioether (sulfide) groups is 1. The third-order valence-corrected chi connectivity index (χ3v) is 5.59. The van der Waals surface area contributed by atoms with Gasteiger partial charge < -0.3 is 15.2 Å². The van der Waals surface area contributed by atoms with Gasteiger partial charge >= 0.3 is 5.97 Å². The highest BCUT2D eigenvalue weighted by Gasteiger charge is 2.43. The van der Waals surface area contributed by atoms with Crippen LogP contribution in [0.4, 0.5) is 0 Å². The number of carboxylic acids is 1. The van der Waals surface area contributed by atoms with Crippen molar-refractivity contribution in [1.29, 1.82) is 0 Å². The minimum atomic E-state index is -1.02. The molecule has 0 saturated heterocycles. The number of methoxy groups -OCH3 is 1. The van der Waals surface area contributed by atoms with Crippen molar-refractivity contribution >= 4 is 23.6 Å². The third-order valence-electron chi connectivity index (χ3n) is 4.10. The number of amides is 1. The van der Waals surface area contributed by atoms with Crippen LogP contribution in [0.15, 0.2) is 35.2 Å². The monoisotopic (exact) mass is 337 g/mol. The first kappa shape index (κ1) is 17.8. The van der Waals surface area contributed by atoms with Crippen molar-refractivity contribution < 1.29 is 19.4 Å². The van der Waals surface area contributed by atoms with E-state index in [1.54, 1.807) is 11.8 Å². The van der Waals surface area contributed by atoms with Crippen molar-refractivity contribution in [2.45, 2.75) is 47.8 Å². The lowest BCUT2D eigenvalue weighted by Gasteiger charge is -2.29. The third kappa shape index (κ3) is 4.72. The molecule has 1 aliphatic carbocycles. The first-order valence-electron chi connectivity index (χ1n) is 7.84. The Morgan fingerprint density at radius 2 is 1.96 bits per heavy atom. The Labute approximate surface area is 140 Å². The van der Waals surface area contributed by atoms with Gasteiger partial charge in [0, 0.05) is 25.0 Å². The summed E-state index contributed by atoms with van der Waals surface area (Å²) in [6, 6.07) is 8.89. The average molecular weight is 337 g/mol. The molecule has 2 rings (SSSR count). The molecule has 23 heavy (non-hydrogen) atoms. The number of carbonyl (C=O) groups excluding carboxylic acids is 1. The smallest absolute Gasteiger partial charge is 0.326 e. The molecule has 1 amide bonds. The van der Waals surface area contributed by atoms with Crippen LogP contribution >= 0.6 is 11.8 Å². The minimum absolute atomic E-state index is 0.174. The largest absolute Gasteiger partial charge is 0.480 e. The molecular weight excluding hydrogens is 314 g/mol. The van der Waals surface area contributed by atoms with Crippen molar-refractivity contribution in [1.82, 2.24) is 5.32 Å². The quantitative estimate of drug-likeness (QED) is 0.763. The lowest BCUT2D eigenvalue weighted by molar-refractivity contribution is -0.142. The Balaban J connectivity index is 2.10. The molecule has 1 atom stereocenters. The first-order valence-corrected chi connectivity index (χ1v) is 8.66. The topological polar surface area (TPSA) is 75.6 Å². The molecule has 0 bridgehead atoms. The molecule has 6 heteroatoms. The molecule has 0 heterocycles. The van der Waals surface area contributed by atoms with E-state index in [2.05, 4.69) is 5.32 Å². The highest BCUT2D eigenvalue weighted by atomic mass is 32.2. The summed E-state index contributed by atoms with van der Waals surface area (Å²) in [5.74, 6) is -1.19. The number of ether oxygens (including phenoxy) is 1. The predicted octanol–water partition coefficient (Wildman–Crippen LogP) is 2.70. The van der Waals surface area contributed by atoms with Crippen LogP contribution in [0.25, 0.3) is 0 Å². The highest BCUT2D eigenvalue weighted by Crippen LogP contribution is 2.45. The van der Waals surface area contributed by atoms with E-state index >= 15 is 0 Å². The summed E-state index contributed by atoms with van der Waals surface area (Å²) in [5.41, 5.74) is 0. The molecule has 1 aromatic carbocycles. The van der Waals surface area contributed by atoms with Crippen LogP contribution in [0.3, 0.4) is 0 Å². The number of hydrogen-bond donors (Lipinski definition) is 2. The first-order chi connectivity index (χ1) is 11.1. The predicted molar refractivity (Wildman–Crippen MR) is 89.6 cm³/mol. The highest BCUT2D eigenvalue weighted by molar-refractivity contribution is 8.01. The van der Waals surface area contributed by atoms with Gasteiger partial charge in [-0.3, -0.25) is 4.79 Å². The fourth-order valence-electron chi connectivity index (χ4n) is 2.82. The van der Waals surface area contributed by atoms with Gasteiger partial charge in [-0.15, -0.1) is 11.8 Å². The standard InChI is InChI=1S/C17H23NO4S/c1-22-12-9-14(15(19)20)18-16(21)17(10-5-6-11-17)23-13-7-3-2-4-8-13/h2-4,7-8,14H,5-6,9-12H2,1H3,(H,18,21)(H,19,20). The molecule has 1 fully saturated rings. The van der Waals surface area contributed by atoms with Crippen molar-refractivity contribution in [3.05, 3.63) is 30.3 Å². The van der Waals surface area contributed by atoms with Crippen LogP contribution in [0.1, 0.15) is 32.1 Å². The van der Waals surface area contributed by atoms with Gasteiger partial charge in [-0.2, -0.15) is 0 Å². The van der Waals surface area contributed by atoms with Gasteiger partial charge in [0.2, 0.25) is 5.91 Å². The van der Waals surface area contributed by atoms with E-state index in [0.717, 1.165) is 30.6 Å². The fourth-order valence-corrected chi connectivity index (χ4v) is 4.21. The normalized spacial score (nSPS) is 17.6. The van der Waals surface area contributed by atoms with Gasteiger partial charge in [-0.25, -0.2) is 4.79 Å². The van der Waals surface area contributed by atoms with Crippen LogP contribution in [0.2, 0.25) is 0 Å².